The van der Waals surface area contributed by atoms with E-state index in [-0.39, 0.29) is 16.4 Å². The average Bonchev–Trinajstić information content (AvgIpc) is 2.99. The summed E-state index contributed by atoms with van der Waals surface area (Å²) in [7, 11) is 0. The van der Waals surface area contributed by atoms with Crippen LogP contribution in [0.15, 0.2) is 54.6 Å². The second kappa shape index (κ2) is 9.43. The van der Waals surface area contributed by atoms with Crippen molar-refractivity contribution in [2.24, 2.45) is 0 Å². The van der Waals surface area contributed by atoms with Gasteiger partial charge in [-0.2, -0.15) is 0 Å². The lowest BCUT2D eigenvalue weighted by atomic mass is 10.1. The summed E-state index contributed by atoms with van der Waals surface area (Å²) in [5, 5.41) is 1.93. The van der Waals surface area contributed by atoms with Crippen molar-refractivity contribution in [1.29, 1.82) is 0 Å². The molecule has 26 heavy (non-hydrogen) atoms. The van der Waals surface area contributed by atoms with Gasteiger partial charge in [-0.3, -0.25) is 14.9 Å². The predicted octanol–water partition coefficient (Wildman–Crippen LogP) is 4.72. The number of aryl methyl sites for hydroxylation is 1. The van der Waals surface area contributed by atoms with Gasteiger partial charge in [0.1, 0.15) is 12.4 Å². The molecule has 2 amide bonds. The Balaban J connectivity index is 1.33. The molecule has 0 bridgehead atoms. The number of benzene rings is 2. The molecule has 1 saturated heterocycles. The summed E-state index contributed by atoms with van der Waals surface area (Å²) in [4.78, 5) is 22.6. The van der Waals surface area contributed by atoms with Gasteiger partial charge in [-0.25, -0.2) is 0 Å². The van der Waals surface area contributed by atoms with E-state index in [2.05, 4.69) is 29.6 Å². The van der Waals surface area contributed by atoms with E-state index in [1.165, 1.54) is 5.56 Å². The number of amides is 2. The molecule has 3 rings (SSSR count). The fourth-order valence-corrected chi connectivity index (χ4v) is 3.78. The van der Waals surface area contributed by atoms with Gasteiger partial charge in [0, 0.05) is 0 Å². The molecule has 1 fully saturated rings. The second-order valence-corrected chi connectivity index (χ2v) is 7.58. The molecule has 4 nitrogen and oxygen atoms in total. The van der Waals surface area contributed by atoms with Crippen molar-refractivity contribution < 1.29 is 14.3 Å². The lowest BCUT2D eigenvalue weighted by molar-refractivity contribution is -0.119. The lowest BCUT2D eigenvalue weighted by Gasteiger charge is -2.08. The molecule has 1 N–H and O–H groups in total. The van der Waals surface area contributed by atoms with Crippen LogP contribution in [0.25, 0.3) is 0 Å². The second-order valence-electron chi connectivity index (χ2n) is 6.40. The molecule has 1 aliphatic rings. The van der Waals surface area contributed by atoms with Crippen LogP contribution in [0.2, 0.25) is 0 Å². The smallest absolute Gasteiger partial charge is 0.286 e. The molecule has 0 spiro atoms. The molecule has 2 aromatic carbocycles. The van der Waals surface area contributed by atoms with Crippen LogP contribution in [-0.2, 0) is 17.8 Å². The zero-order chi connectivity index (χ0) is 18.2. The van der Waals surface area contributed by atoms with Gasteiger partial charge in [0.25, 0.3) is 5.24 Å². The van der Waals surface area contributed by atoms with Crippen LogP contribution in [0, 0.1) is 0 Å². The van der Waals surface area contributed by atoms with E-state index in [1.54, 1.807) is 0 Å². The summed E-state index contributed by atoms with van der Waals surface area (Å²) >= 11 is 1.12. The van der Waals surface area contributed by atoms with Crippen molar-refractivity contribution in [2.75, 3.05) is 0 Å². The monoisotopic (exact) mass is 369 g/mol. The Kier molecular flexibility index (Phi) is 6.72. The Labute approximate surface area is 158 Å². The SMILES string of the molecule is O=C1NC(=O)C(CCCCCc2ccc(OCc3ccccc3)cc2)S1. The van der Waals surface area contributed by atoms with E-state index in [0.29, 0.717) is 6.61 Å². The van der Waals surface area contributed by atoms with E-state index >= 15 is 0 Å². The van der Waals surface area contributed by atoms with E-state index in [0.717, 1.165) is 55.2 Å². The molecular formula is C21H23NO3S. The van der Waals surface area contributed by atoms with Crippen LogP contribution in [0.1, 0.15) is 36.8 Å². The highest BCUT2D eigenvalue weighted by Gasteiger charge is 2.30. The first-order chi connectivity index (χ1) is 12.7. The van der Waals surface area contributed by atoms with Gasteiger partial charge in [0.05, 0.1) is 5.25 Å². The molecule has 1 aliphatic heterocycles. The number of rotatable bonds is 9. The van der Waals surface area contributed by atoms with E-state index < -0.39 is 0 Å². The van der Waals surface area contributed by atoms with Crippen molar-refractivity contribution in [1.82, 2.24) is 5.32 Å². The highest BCUT2D eigenvalue weighted by Crippen LogP contribution is 2.24. The molecule has 1 heterocycles. The highest BCUT2D eigenvalue weighted by molar-refractivity contribution is 8.15. The van der Waals surface area contributed by atoms with Crippen LogP contribution in [0.3, 0.4) is 0 Å². The number of unbranched alkanes of at least 4 members (excludes halogenated alkanes) is 2. The Morgan fingerprint density at radius 3 is 2.35 bits per heavy atom. The quantitative estimate of drug-likeness (QED) is 0.650. The van der Waals surface area contributed by atoms with Crippen LogP contribution in [0.5, 0.6) is 5.75 Å². The van der Waals surface area contributed by atoms with E-state index in [9.17, 15) is 9.59 Å². The Hall–Kier alpha value is -2.27. The molecule has 1 atom stereocenters. The number of nitrogens with one attached hydrogen (secondary N) is 1. The number of thioether (sulfide) groups is 1. The maximum atomic E-state index is 11.5. The lowest BCUT2D eigenvalue weighted by Crippen LogP contribution is -2.24. The molecule has 0 saturated carbocycles. The number of hydrogen-bond donors (Lipinski definition) is 1. The van der Waals surface area contributed by atoms with Crippen LogP contribution >= 0.6 is 11.8 Å². The van der Waals surface area contributed by atoms with E-state index in [4.69, 9.17) is 4.74 Å². The number of imide groups is 1. The summed E-state index contributed by atoms with van der Waals surface area (Å²) in [6, 6.07) is 18.4. The van der Waals surface area contributed by atoms with Gasteiger partial charge in [-0.1, -0.05) is 67.1 Å². The Morgan fingerprint density at radius 2 is 1.65 bits per heavy atom. The molecule has 0 aromatic heterocycles. The van der Waals surface area contributed by atoms with Crippen LogP contribution in [-0.4, -0.2) is 16.4 Å². The van der Waals surface area contributed by atoms with Crippen LogP contribution < -0.4 is 10.1 Å². The summed E-state index contributed by atoms with van der Waals surface area (Å²) in [6.45, 7) is 0.579. The Bertz CT molecular complexity index is 731. The zero-order valence-corrected chi connectivity index (χ0v) is 15.5. The molecule has 5 heteroatoms. The Morgan fingerprint density at radius 1 is 0.885 bits per heavy atom. The highest BCUT2D eigenvalue weighted by atomic mass is 32.2. The molecule has 0 radical (unpaired) electrons. The van der Waals surface area contributed by atoms with Gasteiger partial charge < -0.3 is 4.74 Å². The number of carbonyl (C=O) groups excluding carboxylic acids is 2. The summed E-state index contributed by atoms with van der Waals surface area (Å²) in [5.41, 5.74) is 2.45. The van der Waals surface area contributed by atoms with Crippen molar-refractivity contribution in [2.45, 2.75) is 44.0 Å². The molecule has 1 unspecified atom stereocenters. The molecule has 136 valence electrons. The van der Waals surface area contributed by atoms with Gasteiger partial charge in [0.2, 0.25) is 5.91 Å². The van der Waals surface area contributed by atoms with E-state index in [1.807, 2.05) is 30.3 Å². The standard InChI is InChI=1S/C21H23NO3S/c23-20-19(26-21(24)22-20)10-6-2-3-7-16-11-13-18(14-12-16)25-15-17-8-4-1-5-9-17/h1,4-5,8-9,11-14,19H,2-3,6-7,10,15H2,(H,22,23,24). The summed E-state index contributed by atoms with van der Waals surface area (Å²) in [5.74, 6) is 0.748. The minimum Gasteiger partial charge on any atom is -0.489 e. The minimum atomic E-state index is -0.213. The maximum absolute atomic E-state index is 11.5. The van der Waals surface area contributed by atoms with Crippen molar-refractivity contribution in [3.05, 3.63) is 65.7 Å². The molecule has 0 aliphatic carbocycles. The van der Waals surface area contributed by atoms with Gasteiger partial charge in [-0.15, -0.1) is 0 Å². The largest absolute Gasteiger partial charge is 0.489 e. The third-order valence-electron chi connectivity index (χ3n) is 4.37. The first-order valence-corrected chi connectivity index (χ1v) is 9.86. The van der Waals surface area contributed by atoms with Gasteiger partial charge in [-0.05, 0) is 42.5 Å². The van der Waals surface area contributed by atoms with Crippen molar-refractivity contribution in [3.63, 3.8) is 0 Å². The first-order valence-electron chi connectivity index (χ1n) is 8.98. The maximum Gasteiger partial charge on any atom is 0.286 e. The van der Waals surface area contributed by atoms with Crippen molar-refractivity contribution in [3.8, 4) is 5.75 Å². The third-order valence-corrected chi connectivity index (χ3v) is 5.42. The molecule has 2 aromatic rings. The van der Waals surface area contributed by atoms with Gasteiger partial charge >= 0.3 is 0 Å². The fourth-order valence-electron chi connectivity index (χ4n) is 2.91. The zero-order valence-electron chi connectivity index (χ0n) is 14.6. The fraction of sp³-hybridized carbons (Fsp3) is 0.333. The number of ether oxygens (including phenoxy) is 1. The van der Waals surface area contributed by atoms with Crippen molar-refractivity contribution >= 4 is 22.9 Å². The number of hydrogen-bond acceptors (Lipinski definition) is 4. The minimum absolute atomic E-state index is 0.133. The third kappa shape index (κ3) is 5.63. The predicted molar refractivity (Wildman–Crippen MR) is 104 cm³/mol. The van der Waals surface area contributed by atoms with Gasteiger partial charge in [0.15, 0.2) is 0 Å². The number of carbonyl (C=O) groups is 2. The molecular weight excluding hydrogens is 346 g/mol. The van der Waals surface area contributed by atoms with Crippen LogP contribution in [0.4, 0.5) is 4.79 Å². The summed E-state index contributed by atoms with van der Waals surface area (Å²) < 4.78 is 5.80. The summed E-state index contributed by atoms with van der Waals surface area (Å²) in [6.07, 6.45) is 4.90. The normalized spacial score (nSPS) is 16.5. The first kappa shape index (κ1) is 18.5. The topological polar surface area (TPSA) is 55.4 Å². The average molecular weight is 369 g/mol.